The average molecular weight is 611 g/mol. The fraction of sp³-hybridized carbons (Fsp3) is 0.375. The molecule has 0 radical (unpaired) electrons. The van der Waals surface area contributed by atoms with E-state index in [2.05, 4.69) is 8.37 Å². The van der Waals surface area contributed by atoms with E-state index >= 15 is 0 Å². The van der Waals surface area contributed by atoms with Gasteiger partial charge in [-0.2, -0.15) is 25.3 Å². The Morgan fingerprint density at radius 3 is 1.53 bits per heavy atom. The van der Waals surface area contributed by atoms with Crippen LogP contribution >= 0.6 is 22.7 Å². The maximum absolute atomic E-state index is 12.8. The molecule has 1 unspecified atom stereocenters. The van der Waals surface area contributed by atoms with E-state index in [9.17, 15) is 49.6 Å². The van der Waals surface area contributed by atoms with Crippen LogP contribution in [0.1, 0.15) is 23.6 Å². The quantitative estimate of drug-likeness (QED) is 0.251. The second-order valence-corrected chi connectivity index (χ2v) is 12.1. The van der Waals surface area contributed by atoms with Crippen LogP contribution in [0.2, 0.25) is 0 Å². The predicted octanol–water partition coefficient (Wildman–Crippen LogP) is 0.842. The zero-order chi connectivity index (χ0) is 27.5. The van der Waals surface area contributed by atoms with Gasteiger partial charge >= 0.3 is 32.7 Å². The smallest absolute Gasteiger partial charge is 0.449 e. The third-order valence-corrected chi connectivity index (χ3v) is 9.16. The highest BCUT2D eigenvalue weighted by atomic mass is 32.3. The molecule has 0 amide bonds. The van der Waals surface area contributed by atoms with Gasteiger partial charge in [-0.05, 0) is 36.7 Å². The first-order chi connectivity index (χ1) is 16.5. The zero-order valence-corrected chi connectivity index (χ0v) is 22.2. The summed E-state index contributed by atoms with van der Waals surface area (Å²) in [6.45, 7) is 1.74. The molecule has 0 fully saturated rings. The molecule has 1 atom stereocenters. The molecule has 36 heavy (non-hydrogen) atoms. The average Bonchev–Trinajstić information content (AvgIpc) is 3.33. The van der Waals surface area contributed by atoms with Crippen molar-refractivity contribution in [1.29, 1.82) is 0 Å². The predicted molar refractivity (Wildman–Crippen MR) is 122 cm³/mol. The molecule has 2 aromatic heterocycles. The molecule has 2 rings (SSSR count). The molecular weight excluding hydrogens is 592 g/mol. The number of carbonyl (C=O) groups is 2. The third kappa shape index (κ3) is 6.14. The summed E-state index contributed by atoms with van der Waals surface area (Å²) in [4.78, 5) is 23.2. The Kier molecular flexibility index (Phi) is 9.10. The van der Waals surface area contributed by atoms with Crippen molar-refractivity contribution in [3.63, 3.8) is 0 Å². The standard InChI is InChI=1S/C16H18O15S5/c1-3-28-35(24,25)30-9-5-7-32-11(9)16(15(19)20,13(14(17)18)34(21,22)23)12-10(6-8-33-12)31-36(26,27)29-4-2/h5-8,13H,3-4H2,1-2H3,(H,17,18)(H,19,20)(H,21,22,23). The molecule has 0 bridgehead atoms. The maximum Gasteiger partial charge on any atom is 0.449 e. The van der Waals surface area contributed by atoms with Crippen molar-refractivity contribution in [2.45, 2.75) is 24.5 Å². The van der Waals surface area contributed by atoms with Crippen LogP contribution < -0.4 is 8.37 Å². The molecule has 0 spiro atoms. The topological polar surface area (TPSA) is 234 Å². The largest absolute Gasteiger partial charge is 0.480 e. The van der Waals surface area contributed by atoms with Gasteiger partial charge in [0.05, 0.1) is 23.0 Å². The molecule has 20 heteroatoms. The summed E-state index contributed by atoms with van der Waals surface area (Å²) in [7, 11) is -15.5. The Labute approximate surface area is 213 Å². The number of thiophene rings is 2. The number of hydrogen-bond acceptors (Lipinski definition) is 14. The summed E-state index contributed by atoms with van der Waals surface area (Å²) >= 11 is 0.693. The Morgan fingerprint density at radius 1 is 0.861 bits per heavy atom. The van der Waals surface area contributed by atoms with E-state index in [0.29, 0.717) is 22.7 Å². The van der Waals surface area contributed by atoms with Crippen molar-refractivity contribution in [1.82, 2.24) is 0 Å². The SMILES string of the molecule is CCOS(=O)(=O)Oc1ccsc1C(C(=O)O)(c1sccc1OS(=O)(=O)OCC)C(C(=O)O)S(=O)(=O)O. The minimum Gasteiger partial charge on any atom is -0.480 e. The van der Waals surface area contributed by atoms with Crippen molar-refractivity contribution in [2.24, 2.45) is 0 Å². The van der Waals surface area contributed by atoms with Gasteiger partial charge in [-0.25, -0.2) is 8.37 Å². The van der Waals surface area contributed by atoms with Crippen LogP contribution in [0.15, 0.2) is 22.9 Å². The van der Waals surface area contributed by atoms with Gasteiger partial charge in [0.1, 0.15) is 0 Å². The number of aliphatic carboxylic acids is 2. The van der Waals surface area contributed by atoms with Crippen LogP contribution in [0.25, 0.3) is 0 Å². The third-order valence-electron chi connectivity index (χ3n) is 4.14. The lowest BCUT2D eigenvalue weighted by atomic mass is 9.80. The van der Waals surface area contributed by atoms with E-state index in [1.165, 1.54) is 13.8 Å². The van der Waals surface area contributed by atoms with E-state index in [0.717, 1.165) is 22.9 Å². The van der Waals surface area contributed by atoms with Crippen molar-refractivity contribution in [3.05, 3.63) is 32.6 Å². The number of carboxylic acid groups (broad SMARTS) is 2. The van der Waals surface area contributed by atoms with Crippen molar-refractivity contribution < 1.29 is 66.3 Å². The first-order valence-corrected chi connectivity index (χ1v) is 15.2. The van der Waals surface area contributed by atoms with Gasteiger partial charge in [0.25, 0.3) is 10.1 Å². The summed E-state index contributed by atoms with van der Waals surface area (Å²) in [6.07, 6.45) is 0. The van der Waals surface area contributed by atoms with Gasteiger partial charge in [0, 0.05) is 0 Å². The number of carboxylic acids is 2. The van der Waals surface area contributed by atoms with Crippen molar-refractivity contribution >= 4 is 65.5 Å². The Morgan fingerprint density at radius 2 is 1.25 bits per heavy atom. The van der Waals surface area contributed by atoms with E-state index in [4.69, 9.17) is 8.37 Å². The van der Waals surface area contributed by atoms with Gasteiger partial charge in [0.2, 0.25) is 5.25 Å². The highest BCUT2D eigenvalue weighted by Gasteiger charge is 2.63. The summed E-state index contributed by atoms with van der Waals surface area (Å²) < 4.78 is 101. The van der Waals surface area contributed by atoms with Crippen LogP contribution in [-0.4, -0.2) is 70.4 Å². The molecule has 0 aromatic carbocycles. The van der Waals surface area contributed by atoms with E-state index in [1.807, 2.05) is 0 Å². The normalized spacial score (nSPS) is 13.8. The minimum atomic E-state index is -5.80. The Balaban J connectivity index is 3.01. The minimum absolute atomic E-state index is 0.346. The molecule has 2 aromatic rings. The monoisotopic (exact) mass is 610 g/mol. The molecule has 3 N–H and O–H groups in total. The van der Waals surface area contributed by atoms with E-state index < -0.39 is 88.0 Å². The lowest BCUT2D eigenvalue weighted by Gasteiger charge is -2.32. The van der Waals surface area contributed by atoms with Crippen LogP contribution in [0.4, 0.5) is 0 Å². The zero-order valence-electron chi connectivity index (χ0n) is 18.1. The van der Waals surface area contributed by atoms with Gasteiger partial charge in [-0.15, -0.1) is 22.7 Å². The van der Waals surface area contributed by atoms with E-state index in [-0.39, 0.29) is 0 Å². The van der Waals surface area contributed by atoms with Crippen LogP contribution in [0.5, 0.6) is 11.5 Å². The number of rotatable bonds is 14. The first kappa shape index (κ1) is 29.9. The van der Waals surface area contributed by atoms with Gasteiger partial charge in [-0.1, -0.05) is 0 Å². The van der Waals surface area contributed by atoms with Crippen molar-refractivity contribution in [3.8, 4) is 11.5 Å². The summed E-state index contributed by atoms with van der Waals surface area (Å²) in [5.41, 5.74) is -3.39. The first-order valence-electron chi connectivity index (χ1n) is 9.29. The highest BCUT2D eigenvalue weighted by molar-refractivity contribution is 7.87. The van der Waals surface area contributed by atoms with Crippen molar-refractivity contribution in [2.75, 3.05) is 13.2 Å². The molecule has 2 heterocycles. The summed E-state index contributed by atoms with van der Waals surface area (Å²) in [6, 6.07) is 1.75. The van der Waals surface area contributed by atoms with E-state index in [1.54, 1.807) is 0 Å². The molecule has 0 saturated carbocycles. The van der Waals surface area contributed by atoms with Gasteiger partial charge in [-0.3, -0.25) is 14.1 Å². The number of hydrogen-bond donors (Lipinski definition) is 3. The maximum atomic E-state index is 12.8. The second-order valence-electron chi connectivity index (χ2n) is 6.37. The van der Waals surface area contributed by atoms with Crippen LogP contribution in [0.3, 0.4) is 0 Å². The molecule has 202 valence electrons. The molecule has 0 saturated heterocycles. The van der Waals surface area contributed by atoms with Gasteiger partial charge in [0.15, 0.2) is 16.9 Å². The lowest BCUT2D eigenvalue weighted by molar-refractivity contribution is -0.148. The fourth-order valence-corrected chi connectivity index (χ4v) is 7.88. The lowest BCUT2D eigenvalue weighted by Crippen LogP contribution is -2.54. The second kappa shape index (κ2) is 11.0. The van der Waals surface area contributed by atoms with Gasteiger partial charge < -0.3 is 18.6 Å². The Bertz CT molecular complexity index is 1360. The molecule has 15 nitrogen and oxygen atoms in total. The highest BCUT2D eigenvalue weighted by Crippen LogP contribution is 2.51. The summed E-state index contributed by atoms with van der Waals surface area (Å²) in [5.74, 6) is -6.34. The van der Waals surface area contributed by atoms with Crippen LogP contribution in [0, 0.1) is 0 Å². The molecule has 0 aliphatic rings. The molecule has 0 aliphatic heterocycles. The fourth-order valence-electron chi connectivity index (χ4n) is 3.04. The van der Waals surface area contributed by atoms with Crippen LogP contribution in [-0.2, 0) is 54.3 Å². The molecule has 0 aliphatic carbocycles. The summed E-state index contributed by atoms with van der Waals surface area (Å²) in [5, 5.41) is 18.9. The Hall–Kier alpha value is -2.33. The molecular formula is C16H18O15S5.